The molecule has 0 unspecified atom stereocenters. The minimum Gasteiger partial charge on any atom is -0.457 e. The number of sulfonamides is 1. The molecular weight excluding hydrogens is 467 g/mol. The van der Waals surface area contributed by atoms with Gasteiger partial charge in [-0.25, -0.2) is 12.8 Å². The Kier molecular flexibility index (Phi) is 7.52. The van der Waals surface area contributed by atoms with Gasteiger partial charge >= 0.3 is 0 Å². The molecule has 0 amide bonds. The van der Waals surface area contributed by atoms with E-state index in [0.29, 0.717) is 25.0 Å². The number of carbonyl (C=O) groups excluding carboxylic acids is 1. The van der Waals surface area contributed by atoms with Crippen LogP contribution in [0, 0.1) is 5.82 Å². The number of benzene rings is 3. The molecule has 0 N–H and O–H groups in total. The zero-order chi connectivity index (χ0) is 25.0. The molecule has 6 nitrogen and oxygen atoms in total. The van der Waals surface area contributed by atoms with Crippen LogP contribution in [-0.2, 0) is 21.2 Å². The van der Waals surface area contributed by atoms with Crippen molar-refractivity contribution in [1.29, 1.82) is 0 Å². The largest absolute Gasteiger partial charge is 0.457 e. The van der Waals surface area contributed by atoms with Gasteiger partial charge in [-0.2, -0.15) is 4.31 Å². The van der Waals surface area contributed by atoms with E-state index in [1.54, 1.807) is 0 Å². The molecule has 4 rings (SSSR count). The molecule has 35 heavy (non-hydrogen) atoms. The van der Waals surface area contributed by atoms with Crippen molar-refractivity contribution in [3.8, 4) is 11.5 Å². The molecule has 0 bridgehead atoms. The van der Waals surface area contributed by atoms with Gasteiger partial charge < -0.3 is 9.64 Å². The summed E-state index contributed by atoms with van der Waals surface area (Å²) in [5, 5.41) is 0. The second kappa shape index (κ2) is 10.6. The average Bonchev–Trinajstić information content (AvgIpc) is 3.34. The van der Waals surface area contributed by atoms with Crippen molar-refractivity contribution in [3.05, 3.63) is 84.2 Å². The number of halogens is 1. The van der Waals surface area contributed by atoms with Crippen LogP contribution < -0.4 is 9.64 Å². The maximum atomic E-state index is 13.2. The van der Waals surface area contributed by atoms with E-state index >= 15 is 0 Å². The van der Waals surface area contributed by atoms with Crippen LogP contribution in [0.5, 0.6) is 11.5 Å². The van der Waals surface area contributed by atoms with Gasteiger partial charge in [0, 0.05) is 38.8 Å². The molecule has 1 atom stereocenters. The normalized spacial score (nSPS) is 16.3. The van der Waals surface area contributed by atoms with E-state index in [-0.39, 0.29) is 23.6 Å². The summed E-state index contributed by atoms with van der Waals surface area (Å²) in [5.41, 5.74) is 1.96. The average molecular weight is 497 g/mol. The highest BCUT2D eigenvalue weighted by Gasteiger charge is 2.38. The summed E-state index contributed by atoms with van der Waals surface area (Å²) in [5.74, 6) is 0.775. The van der Waals surface area contributed by atoms with Gasteiger partial charge in [-0.15, -0.1) is 0 Å². The Morgan fingerprint density at radius 1 is 1.03 bits per heavy atom. The van der Waals surface area contributed by atoms with Gasteiger partial charge in [-0.1, -0.05) is 18.2 Å². The first-order valence-corrected chi connectivity index (χ1v) is 13.0. The summed E-state index contributed by atoms with van der Waals surface area (Å²) in [7, 11) is 0.0695. The number of carbonyl (C=O) groups is 1. The maximum absolute atomic E-state index is 13.2. The molecule has 1 aliphatic heterocycles. The molecule has 1 heterocycles. The minimum absolute atomic E-state index is 0.00165. The quantitative estimate of drug-likeness (QED) is 0.415. The number of hydrogen-bond acceptors (Lipinski definition) is 5. The Morgan fingerprint density at radius 2 is 1.71 bits per heavy atom. The molecule has 1 saturated heterocycles. The SMILES string of the molecule is CN(C)c1cccc(Oc2cccc(CCC(=O)[C@@H]3CCCN3S(=O)(=O)c3ccc(F)cc3)c2)c1. The van der Waals surface area contributed by atoms with Gasteiger partial charge in [0.25, 0.3) is 0 Å². The first kappa shape index (κ1) is 24.9. The van der Waals surface area contributed by atoms with E-state index in [4.69, 9.17) is 4.74 Å². The molecule has 0 spiro atoms. The topological polar surface area (TPSA) is 66.9 Å². The molecule has 184 valence electrons. The highest BCUT2D eigenvalue weighted by molar-refractivity contribution is 7.89. The second-order valence-electron chi connectivity index (χ2n) is 8.84. The Labute approximate surface area is 206 Å². The van der Waals surface area contributed by atoms with Crippen molar-refractivity contribution in [2.24, 2.45) is 0 Å². The van der Waals surface area contributed by atoms with Crippen LogP contribution >= 0.6 is 0 Å². The first-order valence-electron chi connectivity index (χ1n) is 11.6. The lowest BCUT2D eigenvalue weighted by molar-refractivity contribution is -0.122. The lowest BCUT2D eigenvalue weighted by Crippen LogP contribution is -2.40. The Balaban J connectivity index is 1.41. The number of Topliss-reactive ketones (excluding diaryl/α,β-unsaturated/α-hetero) is 1. The Morgan fingerprint density at radius 3 is 2.43 bits per heavy atom. The van der Waals surface area contributed by atoms with Gasteiger partial charge in [-0.3, -0.25) is 4.79 Å². The molecule has 3 aromatic carbocycles. The molecule has 8 heteroatoms. The molecule has 3 aromatic rings. The number of rotatable bonds is 9. The Hall–Kier alpha value is -3.23. The van der Waals surface area contributed by atoms with Crippen LogP contribution in [0.4, 0.5) is 10.1 Å². The summed E-state index contributed by atoms with van der Waals surface area (Å²) in [4.78, 5) is 15.0. The lowest BCUT2D eigenvalue weighted by atomic mass is 10.0. The zero-order valence-electron chi connectivity index (χ0n) is 19.9. The highest BCUT2D eigenvalue weighted by Crippen LogP contribution is 2.29. The van der Waals surface area contributed by atoms with Crippen LogP contribution in [0.3, 0.4) is 0 Å². The summed E-state index contributed by atoms with van der Waals surface area (Å²) in [6.45, 7) is 0.283. The number of anilines is 1. The maximum Gasteiger partial charge on any atom is 0.243 e. The van der Waals surface area contributed by atoms with Crippen molar-refractivity contribution in [1.82, 2.24) is 4.31 Å². The molecule has 0 saturated carbocycles. The van der Waals surface area contributed by atoms with Gasteiger partial charge in [-0.05, 0) is 73.4 Å². The first-order chi connectivity index (χ1) is 16.7. The van der Waals surface area contributed by atoms with Crippen LogP contribution in [0.2, 0.25) is 0 Å². The fraction of sp³-hybridized carbons (Fsp3) is 0.296. The second-order valence-corrected chi connectivity index (χ2v) is 10.7. The summed E-state index contributed by atoms with van der Waals surface area (Å²) in [6, 6.07) is 19.4. The third-order valence-corrected chi connectivity index (χ3v) is 8.05. The molecule has 1 fully saturated rings. The van der Waals surface area contributed by atoms with Crippen LogP contribution in [0.15, 0.2) is 77.7 Å². The molecular formula is C27H29FN2O4S. The van der Waals surface area contributed by atoms with E-state index in [2.05, 4.69) is 0 Å². The van der Waals surface area contributed by atoms with Gasteiger partial charge in [0.15, 0.2) is 5.78 Å². The van der Waals surface area contributed by atoms with Gasteiger partial charge in [0.1, 0.15) is 17.3 Å². The van der Waals surface area contributed by atoms with Crippen LogP contribution in [-0.4, -0.2) is 45.2 Å². The summed E-state index contributed by atoms with van der Waals surface area (Å²) >= 11 is 0. The molecule has 1 aliphatic rings. The number of hydrogen-bond donors (Lipinski definition) is 0. The predicted molar refractivity (Wildman–Crippen MR) is 134 cm³/mol. The van der Waals surface area contributed by atoms with Crippen molar-refractivity contribution < 1.29 is 22.3 Å². The Bertz CT molecular complexity index is 1290. The number of aryl methyl sites for hydroxylation is 1. The van der Waals surface area contributed by atoms with Crippen molar-refractivity contribution in [2.45, 2.75) is 36.6 Å². The van der Waals surface area contributed by atoms with Crippen LogP contribution in [0.1, 0.15) is 24.8 Å². The number of ether oxygens (including phenoxy) is 1. The fourth-order valence-corrected chi connectivity index (χ4v) is 5.93. The highest BCUT2D eigenvalue weighted by atomic mass is 32.2. The summed E-state index contributed by atoms with van der Waals surface area (Å²) in [6.07, 6.45) is 1.81. The third kappa shape index (κ3) is 5.89. The minimum atomic E-state index is -3.86. The number of nitrogens with zero attached hydrogens (tertiary/aromatic N) is 2. The monoisotopic (exact) mass is 496 g/mol. The lowest BCUT2D eigenvalue weighted by Gasteiger charge is -2.23. The van der Waals surface area contributed by atoms with E-state index in [0.717, 1.165) is 29.1 Å². The van der Waals surface area contributed by atoms with E-state index in [1.165, 1.54) is 16.4 Å². The smallest absolute Gasteiger partial charge is 0.243 e. The van der Waals surface area contributed by atoms with Crippen molar-refractivity contribution in [2.75, 3.05) is 25.5 Å². The predicted octanol–water partition coefficient (Wildman–Crippen LogP) is 5.04. The standard InChI is InChI=1S/C27H29FN2O4S/c1-29(2)22-7-4-9-24(19-22)34-23-8-3-6-20(18-23)11-16-27(31)26-10-5-17-30(26)35(32,33)25-14-12-21(28)13-15-25/h3-4,6-9,12-15,18-19,26H,5,10-11,16-17H2,1-2H3/t26-/m0/s1. The molecule has 0 aliphatic carbocycles. The van der Waals surface area contributed by atoms with E-state index < -0.39 is 21.9 Å². The third-order valence-electron chi connectivity index (χ3n) is 6.12. The van der Waals surface area contributed by atoms with Gasteiger partial charge in [0.2, 0.25) is 10.0 Å². The fourth-order valence-electron chi connectivity index (χ4n) is 4.25. The van der Waals surface area contributed by atoms with Crippen molar-refractivity contribution in [3.63, 3.8) is 0 Å². The zero-order valence-corrected chi connectivity index (χ0v) is 20.7. The van der Waals surface area contributed by atoms with Gasteiger partial charge in [0.05, 0.1) is 10.9 Å². The van der Waals surface area contributed by atoms with E-state index in [9.17, 15) is 17.6 Å². The summed E-state index contributed by atoms with van der Waals surface area (Å²) < 4.78 is 46.6. The molecule has 0 aromatic heterocycles. The molecule has 0 radical (unpaired) electrons. The van der Waals surface area contributed by atoms with Crippen LogP contribution in [0.25, 0.3) is 0 Å². The van der Waals surface area contributed by atoms with Crippen molar-refractivity contribution >= 4 is 21.5 Å². The van der Waals surface area contributed by atoms with E-state index in [1.807, 2.05) is 67.5 Å². The number of ketones is 1.